The summed E-state index contributed by atoms with van der Waals surface area (Å²) in [5, 5.41) is 22.8. The lowest BCUT2D eigenvalue weighted by Crippen LogP contribution is -2.69. The van der Waals surface area contributed by atoms with Crippen molar-refractivity contribution in [1.82, 2.24) is 0 Å². The molecule has 2 aliphatic rings. The van der Waals surface area contributed by atoms with Crippen LogP contribution in [0.1, 0.15) is 112 Å². The topological polar surface area (TPSA) is 85.2 Å². The first-order chi connectivity index (χ1) is 23.5. The molecule has 2 N–H and O–H groups in total. The number of aliphatic hydroxyl groups is 1. The van der Waals surface area contributed by atoms with Crippen molar-refractivity contribution in [2.24, 2.45) is 11.8 Å². The van der Waals surface area contributed by atoms with Crippen LogP contribution in [-0.2, 0) is 18.7 Å². The Bertz CT molecular complexity index is 1280. The fourth-order valence-electron chi connectivity index (χ4n) is 7.79. The van der Waals surface area contributed by atoms with Gasteiger partial charge < -0.3 is 24.1 Å². The highest BCUT2D eigenvalue weighted by atomic mass is 28.4. The number of carboxylic acid groups (broad SMARTS) is 1. The van der Waals surface area contributed by atoms with Gasteiger partial charge in [0, 0.05) is 25.4 Å². The van der Waals surface area contributed by atoms with Crippen LogP contribution in [0.3, 0.4) is 0 Å². The normalized spacial score (nSPS) is 24.8. The molecule has 4 rings (SSSR count). The lowest BCUT2D eigenvalue weighted by atomic mass is 9.87. The highest BCUT2D eigenvalue weighted by Gasteiger charge is 2.53. The summed E-state index contributed by atoms with van der Waals surface area (Å²) < 4.78 is 20.5. The average Bonchev–Trinajstić information content (AvgIpc) is 3.37. The van der Waals surface area contributed by atoms with Crippen molar-refractivity contribution in [3.05, 3.63) is 85.0 Å². The Morgan fingerprint density at radius 2 is 1.63 bits per heavy atom. The van der Waals surface area contributed by atoms with Crippen molar-refractivity contribution in [3.63, 3.8) is 0 Å². The molecule has 1 saturated carbocycles. The predicted octanol–water partition coefficient (Wildman–Crippen LogP) is 8.57. The van der Waals surface area contributed by atoms with Gasteiger partial charge in [-0.1, -0.05) is 132 Å². The summed E-state index contributed by atoms with van der Waals surface area (Å²) in [6.45, 7) is 12.2. The first-order valence-electron chi connectivity index (χ1n) is 18.8. The van der Waals surface area contributed by atoms with E-state index in [2.05, 4.69) is 120 Å². The van der Waals surface area contributed by atoms with E-state index in [0.29, 0.717) is 32.3 Å². The minimum Gasteiger partial charge on any atom is -0.481 e. The molecule has 1 aliphatic carbocycles. The molecule has 0 radical (unpaired) electrons. The molecule has 0 amide bonds. The third-order valence-corrected chi connectivity index (χ3v) is 15.6. The van der Waals surface area contributed by atoms with E-state index in [1.165, 1.54) is 10.4 Å². The number of ether oxygens (including phenoxy) is 2. The standard InChI is InChI=1S/C42H62O6Si/c1-6-7-19-29-42(5,48-49(41(2,3)4,33-21-12-10-13-22-33)34-23-14-11-15-24-34)30-28-36-35(25-16-8-9-17-26-39(44)45)37(43)32-38(36)47-40-27-18-20-31-46-40/h8,10-16,21-24,28,30,35-38,40,43H,6-7,9,17-20,25-27,29,31-32H2,1-5H3,(H,44,45)/t35-,36-,37+,38-,40?,42?/m1/s1. The van der Waals surface area contributed by atoms with Gasteiger partial charge in [-0.15, -0.1) is 0 Å². The summed E-state index contributed by atoms with van der Waals surface area (Å²) in [6.07, 6.45) is 17.9. The molecule has 2 aromatic carbocycles. The van der Waals surface area contributed by atoms with Crippen molar-refractivity contribution in [1.29, 1.82) is 0 Å². The van der Waals surface area contributed by atoms with E-state index in [-0.39, 0.29) is 35.7 Å². The van der Waals surface area contributed by atoms with Gasteiger partial charge in [0.05, 0.1) is 17.8 Å². The van der Waals surface area contributed by atoms with E-state index < -0.39 is 26.0 Å². The molecule has 2 unspecified atom stereocenters. The first-order valence-corrected chi connectivity index (χ1v) is 20.7. The number of aliphatic carboxylic acids is 1. The van der Waals surface area contributed by atoms with Gasteiger partial charge in [0.15, 0.2) is 6.29 Å². The summed E-state index contributed by atoms with van der Waals surface area (Å²) in [5.74, 6) is -0.803. The molecule has 0 aromatic heterocycles. The second-order valence-corrected chi connectivity index (χ2v) is 19.6. The summed E-state index contributed by atoms with van der Waals surface area (Å²) in [7, 11) is -2.85. The van der Waals surface area contributed by atoms with Crippen molar-refractivity contribution in [3.8, 4) is 0 Å². The van der Waals surface area contributed by atoms with E-state index in [0.717, 1.165) is 44.9 Å². The summed E-state index contributed by atoms with van der Waals surface area (Å²) in [6, 6.07) is 21.7. The van der Waals surface area contributed by atoms with Gasteiger partial charge in [-0.2, -0.15) is 0 Å². The minimum atomic E-state index is -2.85. The number of hydrogen-bond acceptors (Lipinski definition) is 5. The molecule has 1 heterocycles. The second-order valence-electron chi connectivity index (χ2n) is 15.4. The fraction of sp³-hybridized carbons (Fsp3) is 0.595. The molecule has 7 heteroatoms. The lowest BCUT2D eigenvalue weighted by Gasteiger charge is -2.48. The molecule has 0 spiro atoms. The lowest BCUT2D eigenvalue weighted by molar-refractivity contribution is -0.193. The maximum Gasteiger partial charge on any atom is 0.303 e. The molecule has 0 bridgehead atoms. The van der Waals surface area contributed by atoms with Crippen molar-refractivity contribution in [2.75, 3.05) is 6.61 Å². The fourth-order valence-corrected chi connectivity index (χ4v) is 12.6. The van der Waals surface area contributed by atoms with E-state index >= 15 is 0 Å². The van der Waals surface area contributed by atoms with Gasteiger partial charge >= 0.3 is 5.97 Å². The highest BCUT2D eigenvalue weighted by molar-refractivity contribution is 6.99. The van der Waals surface area contributed by atoms with Gasteiger partial charge in [0.25, 0.3) is 8.32 Å². The molecule has 2 aromatic rings. The monoisotopic (exact) mass is 690 g/mol. The zero-order chi connectivity index (χ0) is 35.3. The van der Waals surface area contributed by atoms with Gasteiger partial charge in [0.2, 0.25) is 0 Å². The van der Waals surface area contributed by atoms with Crippen LogP contribution in [-0.4, -0.2) is 55.2 Å². The Morgan fingerprint density at radius 1 is 0.959 bits per heavy atom. The largest absolute Gasteiger partial charge is 0.481 e. The summed E-state index contributed by atoms with van der Waals surface area (Å²) in [4.78, 5) is 11.0. The van der Waals surface area contributed by atoms with Crippen LogP contribution in [0.25, 0.3) is 0 Å². The third kappa shape index (κ3) is 10.7. The molecule has 49 heavy (non-hydrogen) atoms. The first kappa shape index (κ1) is 39.2. The van der Waals surface area contributed by atoms with Gasteiger partial charge in [0.1, 0.15) is 0 Å². The predicted molar refractivity (Wildman–Crippen MR) is 202 cm³/mol. The maximum atomic E-state index is 11.4. The zero-order valence-electron chi connectivity index (χ0n) is 30.7. The van der Waals surface area contributed by atoms with Gasteiger partial charge in [-0.05, 0) is 73.2 Å². The Labute approximate surface area is 297 Å². The van der Waals surface area contributed by atoms with E-state index in [4.69, 9.17) is 19.0 Å². The third-order valence-electron chi connectivity index (χ3n) is 10.4. The smallest absolute Gasteiger partial charge is 0.303 e. The zero-order valence-corrected chi connectivity index (χ0v) is 31.7. The minimum absolute atomic E-state index is 0.0162. The number of aliphatic hydroxyl groups excluding tert-OH is 1. The van der Waals surface area contributed by atoms with Crippen molar-refractivity contribution >= 4 is 24.7 Å². The number of carboxylic acids is 1. The number of rotatable bonds is 18. The van der Waals surface area contributed by atoms with Gasteiger partial charge in [-0.3, -0.25) is 4.79 Å². The molecule has 6 nitrogen and oxygen atoms in total. The SMILES string of the molecule is CCCCCC(C)(C=C[C@@H]1[C@@H](CC=CCCCC(=O)O)[C@@H](O)C[C@H]1OC1CCCCO1)O[Si](c1ccccc1)(c1ccccc1)C(C)(C)C. The van der Waals surface area contributed by atoms with E-state index in [1.54, 1.807) is 0 Å². The number of unbranched alkanes of at least 4 members (excludes halogenated alkanes) is 3. The molecule has 1 saturated heterocycles. The Kier molecular flexibility index (Phi) is 14.9. The quantitative estimate of drug-likeness (QED) is 0.0927. The van der Waals surface area contributed by atoms with E-state index in [1.807, 2.05) is 0 Å². The van der Waals surface area contributed by atoms with Crippen LogP contribution in [0.15, 0.2) is 85.0 Å². The number of hydrogen-bond donors (Lipinski definition) is 2. The Hall–Kier alpha value is -2.55. The maximum absolute atomic E-state index is 11.4. The molecule has 6 atom stereocenters. The Morgan fingerprint density at radius 3 is 2.20 bits per heavy atom. The number of carbonyl (C=O) groups is 1. The molecular weight excluding hydrogens is 629 g/mol. The number of allylic oxidation sites excluding steroid dienone is 2. The Balaban J connectivity index is 1.72. The van der Waals surface area contributed by atoms with Crippen molar-refractivity contribution in [2.45, 2.75) is 141 Å². The van der Waals surface area contributed by atoms with Crippen LogP contribution in [0.2, 0.25) is 5.04 Å². The van der Waals surface area contributed by atoms with Crippen LogP contribution in [0, 0.1) is 11.8 Å². The molecule has 270 valence electrons. The van der Waals surface area contributed by atoms with Crippen LogP contribution in [0.4, 0.5) is 0 Å². The van der Waals surface area contributed by atoms with Crippen LogP contribution in [0.5, 0.6) is 0 Å². The molecule has 2 fully saturated rings. The average molecular weight is 691 g/mol. The van der Waals surface area contributed by atoms with Crippen molar-refractivity contribution < 1.29 is 28.9 Å². The summed E-state index contributed by atoms with van der Waals surface area (Å²) >= 11 is 0. The van der Waals surface area contributed by atoms with E-state index in [9.17, 15) is 9.90 Å². The highest BCUT2D eigenvalue weighted by Crippen LogP contribution is 2.43. The molecular formula is C42H62O6Si. The number of benzene rings is 2. The van der Waals surface area contributed by atoms with Crippen LogP contribution >= 0.6 is 0 Å². The molecule has 1 aliphatic heterocycles. The van der Waals surface area contributed by atoms with Crippen LogP contribution < -0.4 is 10.4 Å². The summed E-state index contributed by atoms with van der Waals surface area (Å²) in [5.41, 5.74) is -0.559. The van der Waals surface area contributed by atoms with Gasteiger partial charge in [-0.25, -0.2) is 0 Å². The second kappa shape index (κ2) is 18.6.